The molecule has 58 valence electrons. The Morgan fingerprint density at radius 3 is 2.91 bits per heavy atom. The Kier molecular flexibility index (Phi) is 1.93. The molecule has 0 bridgehead atoms. The second-order valence-electron chi connectivity index (χ2n) is 1.92. The molecule has 1 unspecified atom stereocenters. The van der Waals surface area contributed by atoms with Crippen LogP contribution in [0.25, 0.3) is 10.4 Å². The first-order valence-corrected chi connectivity index (χ1v) is 2.88. The molecule has 0 saturated heterocycles. The first-order chi connectivity index (χ1) is 5.25. The van der Waals surface area contributed by atoms with Gasteiger partial charge in [0.15, 0.2) is 5.82 Å². The molecule has 11 heavy (non-hydrogen) atoms. The maximum absolute atomic E-state index is 8.07. The van der Waals surface area contributed by atoms with E-state index in [4.69, 9.17) is 11.3 Å². The summed E-state index contributed by atoms with van der Waals surface area (Å²) in [4.78, 5) is 2.59. The van der Waals surface area contributed by atoms with Crippen LogP contribution in [0.2, 0.25) is 0 Å². The van der Waals surface area contributed by atoms with Crippen molar-refractivity contribution < 1.29 is 4.63 Å². The number of nitrogens with zero attached hydrogens (tertiary/aromatic N) is 5. The first kappa shape index (κ1) is 7.36. The van der Waals surface area contributed by atoms with Crippen molar-refractivity contribution >= 4 is 5.82 Å². The van der Waals surface area contributed by atoms with Crippen LogP contribution in [0, 0.1) is 0 Å². The van der Waals surface area contributed by atoms with E-state index in [9.17, 15) is 0 Å². The fraction of sp³-hybridized carbons (Fsp3) is 0.500. The molecule has 0 saturated carbocycles. The van der Waals surface area contributed by atoms with Crippen LogP contribution in [0.1, 0.15) is 18.7 Å². The first-order valence-electron chi connectivity index (χ1n) is 2.88. The van der Waals surface area contributed by atoms with Gasteiger partial charge < -0.3 is 5.73 Å². The van der Waals surface area contributed by atoms with Crippen LogP contribution in [0.4, 0.5) is 5.82 Å². The van der Waals surface area contributed by atoms with Gasteiger partial charge in [-0.3, -0.25) is 0 Å². The molecule has 0 aliphatic rings. The van der Waals surface area contributed by atoms with Crippen molar-refractivity contribution in [2.45, 2.75) is 13.0 Å². The van der Waals surface area contributed by atoms with E-state index in [2.05, 4.69) is 25.0 Å². The summed E-state index contributed by atoms with van der Waals surface area (Å²) in [7, 11) is 0. The van der Waals surface area contributed by atoms with Gasteiger partial charge in [-0.15, -0.1) is 0 Å². The summed E-state index contributed by atoms with van der Waals surface area (Å²) < 4.78 is 4.30. The van der Waals surface area contributed by atoms with Gasteiger partial charge in [-0.05, 0) is 10.7 Å². The second kappa shape index (κ2) is 2.89. The van der Waals surface area contributed by atoms with E-state index in [-0.39, 0.29) is 5.82 Å². The lowest BCUT2D eigenvalue weighted by atomic mass is 10.2. The predicted molar refractivity (Wildman–Crippen MR) is 36.3 cm³/mol. The second-order valence-corrected chi connectivity index (χ2v) is 1.92. The lowest BCUT2D eigenvalue weighted by Crippen LogP contribution is -1.95. The van der Waals surface area contributed by atoms with Crippen LogP contribution in [0.3, 0.4) is 0 Å². The van der Waals surface area contributed by atoms with Gasteiger partial charge in [0.05, 0.1) is 6.04 Å². The van der Waals surface area contributed by atoms with Crippen LogP contribution in [-0.4, -0.2) is 10.3 Å². The number of nitrogen functional groups attached to an aromatic ring is 1. The maximum atomic E-state index is 8.07. The minimum Gasteiger partial charge on any atom is -0.379 e. The topological polar surface area (TPSA) is 114 Å². The largest absolute Gasteiger partial charge is 0.379 e. The Morgan fingerprint density at radius 2 is 2.45 bits per heavy atom. The van der Waals surface area contributed by atoms with Crippen molar-refractivity contribution in [3.63, 3.8) is 0 Å². The summed E-state index contributed by atoms with van der Waals surface area (Å²) in [5, 5.41) is 10.2. The average molecular weight is 154 g/mol. The maximum Gasteiger partial charge on any atom is 0.191 e. The third kappa shape index (κ3) is 1.39. The van der Waals surface area contributed by atoms with Gasteiger partial charge in [-0.1, -0.05) is 17.2 Å². The highest BCUT2D eigenvalue weighted by Crippen LogP contribution is 2.18. The van der Waals surface area contributed by atoms with Gasteiger partial charge in [0.1, 0.15) is 5.69 Å². The van der Waals surface area contributed by atoms with Crippen molar-refractivity contribution in [3.8, 4) is 0 Å². The van der Waals surface area contributed by atoms with Crippen molar-refractivity contribution in [2.24, 2.45) is 5.11 Å². The number of hydrogen-bond acceptors (Lipinski definition) is 5. The van der Waals surface area contributed by atoms with E-state index < -0.39 is 6.04 Å². The highest BCUT2D eigenvalue weighted by molar-refractivity contribution is 5.33. The van der Waals surface area contributed by atoms with E-state index >= 15 is 0 Å². The number of hydrogen-bond donors (Lipinski definition) is 1. The van der Waals surface area contributed by atoms with Gasteiger partial charge >= 0.3 is 0 Å². The van der Waals surface area contributed by atoms with Crippen LogP contribution in [-0.2, 0) is 0 Å². The molecule has 0 aliphatic heterocycles. The van der Waals surface area contributed by atoms with Crippen molar-refractivity contribution in [1.82, 2.24) is 10.3 Å². The van der Waals surface area contributed by atoms with Crippen LogP contribution in [0.15, 0.2) is 9.74 Å². The number of rotatable bonds is 2. The van der Waals surface area contributed by atoms with E-state index in [1.807, 2.05) is 0 Å². The number of anilines is 1. The number of azide groups is 1. The highest BCUT2D eigenvalue weighted by atomic mass is 16.6. The molecule has 0 radical (unpaired) electrons. The highest BCUT2D eigenvalue weighted by Gasteiger charge is 2.12. The summed E-state index contributed by atoms with van der Waals surface area (Å²) in [5.41, 5.74) is 13.7. The molecule has 0 spiro atoms. The number of nitrogens with two attached hydrogens (primary N) is 1. The average Bonchev–Trinajstić information content (AvgIpc) is 2.36. The molecule has 1 aromatic heterocycles. The molecule has 1 atom stereocenters. The van der Waals surface area contributed by atoms with Gasteiger partial charge in [0, 0.05) is 4.91 Å². The Morgan fingerprint density at radius 1 is 1.73 bits per heavy atom. The molecule has 0 aliphatic carbocycles. The summed E-state index contributed by atoms with van der Waals surface area (Å²) >= 11 is 0. The van der Waals surface area contributed by atoms with Gasteiger partial charge in [0.2, 0.25) is 0 Å². The van der Waals surface area contributed by atoms with E-state index in [1.165, 1.54) is 0 Å². The van der Waals surface area contributed by atoms with Crippen LogP contribution < -0.4 is 5.73 Å². The zero-order valence-electron chi connectivity index (χ0n) is 5.80. The minimum absolute atomic E-state index is 0.157. The van der Waals surface area contributed by atoms with Gasteiger partial charge in [-0.2, -0.15) is 0 Å². The molecule has 1 heterocycles. The summed E-state index contributed by atoms with van der Waals surface area (Å²) in [6, 6.07) is -0.439. The van der Waals surface area contributed by atoms with E-state index in [0.717, 1.165) is 0 Å². The Hall–Kier alpha value is -1.75. The van der Waals surface area contributed by atoms with Crippen molar-refractivity contribution in [3.05, 3.63) is 16.1 Å². The zero-order chi connectivity index (χ0) is 8.27. The molecule has 0 fully saturated rings. The van der Waals surface area contributed by atoms with Crippen molar-refractivity contribution in [2.75, 3.05) is 5.73 Å². The molecule has 7 nitrogen and oxygen atoms in total. The standard InChI is InChI=1S/C4H6N6O/c1-2(7-10-6)3-4(5)9-11-8-3/h2H,1H3,(H2,5,9). The Balaban J connectivity index is 2.92. The molecular weight excluding hydrogens is 148 g/mol. The van der Waals surface area contributed by atoms with Crippen molar-refractivity contribution in [1.29, 1.82) is 0 Å². The van der Waals surface area contributed by atoms with E-state index in [1.54, 1.807) is 6.92 Å². The molecule has 1 rings (SSSR count). The summed E-state index contributed by atoms with van der Waals surface area (Å²) in [6.07, 6.45) is 0. The Bertz CT molecular complexity index is 287. The fourth-order valence-corrected chi connectivity index (χ4v) is 0.624. The smallest absolute Gasteiger partial charge is 0.191 e. The predicted octanol–water partition coefficient (Wildman–Crippen LogP) is 1.02. The third-order valence-corrected chi connectivity index (χ3v) is 1.16. The normalized spacial score (nSPS) is 12.1. The zero-order valence-corrected chi connectivity index (χ0v) is 5.80. The summed E-state index contributed by atoms with van der Waals surface area (Å²) in [6.45, 7) is 1.65. The quantitative estimate of drug-likeness (QED) is 0.389. The lowest BCUT2D eigenvalue weighted by molar-refractivity contribution is 0.303. The molecule has 2 N–H and O–H groups in total. The lowest BCUT2D eigenvalue weighted by Gasteiger charge is -1.95. The Labute approximate surface area is 61.8 Å². The minimum atomic E-state index is -0.439. The summed E-state index contributed by atoms with van der Waals surface area (Å²) in [5.74, 6) is 0.157. The molecule has 1 aromatic rings. The molecule has 0 aromatic carbocycles. The van der Waals surface area contributed by atoms with E-state index in [0.29, 0.717) is 5.69 Å². The van der Waals surface area contributed by atoms with Gasteiger partial charge in [-0.25, -0.2) is 4.63 Å². The van der Waals surface area contributed by atoms with Crippen LogP contribution in [0.5, 0.6) is 0 Å². The fourth-order valence-electron chi connectivity index (χ4n) is 0.624. The SMILES string of the molecule is CC(N=[N+]=[N-])c1nonc1N. The molecular formula is C4H6N6O. The monoisotopic (exact) mass is 154 g/mol. The van der Waals surface area contributed by atoms with Gasteiger partial charge in [0.25, 0.3) is 0 Å². The molecule has 0 amide bonds. The third-order valence-electron chi connectivity index (χ3n) is 1.16. The van der Waals surface area contributed by atoms with Crippen LogP contribution >= 0.6 is 0 Å². The molecule has 7 heteroatoms. The number of aromatic nitrogens is 2.